The molecule has 1 aliphatic heterocycles. The molecular weight excluding hydrogens is 214 g/mol. The van der Waals surface area contributed by atoms with E-state index in [1.165, 1.54) is 5.56 Å². The standard InChI is InChI=1S/C14H21NO2/c1-14(16,10-15-2)9-11-7-8-17-13-6-4-3-5-12(11)13/h3-6,11,15-16H,7-10H2,1-2H3. The lowest BCUT2D eigenvalue weighted by Crippen LogP contribution is -2.38. The maximum atomic E-state index is 10.3. The fraction of sp³-hybridized carbons (Fsp3) is 0.571. The fourth-order valence-corrected chi connectivity index (χ4v) is 2.61. The highest BCUT2D eigenvalue weighted by atomic mass is 16.5. The third kappa shape index (κ3) is 2.99. The van der Waals surface area contributed by atoms with Gasteiger partial charge in [-0.1, -0.05) is 18.2 Å². The Balaban J connectivity index is 2.13. The number of aliphatic hydroxyl groups is 1. The van der Waals surface area contributed by atoms with Crippen LogP contribution < -0.4 is 10.1 Å². The van der Waals surface area contributed by atoms with Gasteiger partial charge in [0.05, 0.1) is 12.2 Å². The molecule has 0 saturated carbocycles. The van der Waals surface area contributed by atoms with E-state index in [1.807, 2.05) is 32.2 Å². The van der Waals surface area contributed by atoms with Gasteiger partial charge in [-0.2, -0.15) is 0 Å². The first-order valence-corrected chi connectivity index (χ1v) is 6.21. The second-order valence-corrected chi connectivity index (χ2v) is 5.10. The lowest BCUT2D eigenvalue weighted by Gasteiger charge is -2.32. The third-order valence-electron chi connectivity index (χ3n) is 3.33. The predicted octanol–water partition coefficient (Wildman–Crippen LogP) is 1.91. The van der Waals surface area contributed by atoms with Crippen LogP contribution in [0.4, 0.5) is 0 Å². The molecule has 1 aromatic carbocycles. The van der Waals surface area contributed by atoms with E-state index in [0.717, 1.165) is 25.2 Å². The zero-order valence-electron chi connectivity index (χ0n) is 10.6. The zero-order valence-corrected chi connectivity index (χ0v) is 10.6. The molecule has 3 nitrogen and oxygen atoms in total. The molecule has 1 aromatic rings. The van der Waals surface area contributed by atoms with Crippen molar-refractivity contribution in [1.29, 1.82) is 0 Å². The first-order chi connectivity index (χ1) is 8.12. The average Bonchev–Trinajstić information content (AvgIpc) is 2.29. The smallest absolute Gasteiger partial charge is 0.122 e. The average molecular weight is 235 g/mol. The normalized spacial score (nSPS) is 22.4. The molecule has 0 bridgehead atoms. The molecule has 0 spiro atoms. The van der Waals surface area contributed by atoms with Crippen molar-refractivity contribution in [2.24, 2.45) is 0 Å². The lowest BCUT2D eigenvalue weighted by molar-refractivity contribution is 0.0407. The molecule has 0 aromatic heterocycles. The first-order valence-electron chi connectivity index (χ1n) is 6.21. The van der Waals surface area contributed by atoms with Crippen molar-refractivity contribution in [3.63, 3.8) is 0 Å². The van der Waals surface area contributed by atoms with Crippen LogP contribution in [0.5, 0.6) is 5.75 Å². The van der Waals surface area contributed by atoms with Gasteiger partial charge in [0.15, 0.2) is 0 Å². The van der Waals surface area contributed by atoms with Gasteiger partial charge in [-0.05, 0) is 44.4 Å². The molecule has 0 fully saturated rings. The maximum absolute atomic E-state index is 10.3. The minimum Gasteiger partial charge on any atom is -0.493 e. The van der Waals surface area contributed by atoms with Crippen LogP contribution in [0.1, 0.15) is 31.2 Å². The van der Waals surface area contributed by atoms with Crippen molar-refractivity contribution in [3.05, 3.63) is 29.8 Å². The predicted molar refractivity (Wildman–Crippen MR) is 68.5 cm³/mol. The fourth-order valence-electron chi connectivity index (χ4n) is 2.61. The Morgan fingerprint density at radius 3 is 3.00 bits per heavy atom. The van der Waals surface area contributed by atoms with E-state index in [4.69, 9.17) is 4.74 Å². The topological polar surface area (TPSA) is 41.5 Å². The molecule has 0 saturated heterocycles. The number of rotatable bonds is 4. The van der Waals surface area contributed by atoms with E-state index in [-0.39, 0.29) is 0 Å². The first kappa shape index (κ1) is 12.4. The second kappa shape index (κ2) is 5.07. The molecule has 2 unspecified atom stereocenters. The molecule has 2 N–H and O–H groups in total. The number of para-hydroxylation sites is 1. The van der Waals surface area contributed by atoms with Crippen molar-refractivity contribution in [2.45, 2.75) is 31.3 Å². The van der Waals surface area contributed by atoms with Crippen LogP contribution in [0.3, 0.4) is 0 Å². The number of hydrogen-bond acceptors (Lipinski definition) is 3. The number of benzene rings is 1. The summed E-state index contributed by atoms with van der Waals surface area (Å²) in [5.74, 6) is 1.37. The van der Waals surface area contributed by atoms with Crippen LogP contribution in [-0.4, -0.2) is 30.9 Å². The van der Waals surface area contributed by atoms with Gasteiger partial charge in [-0.3, -0.25) is 0 Å². The second-order valence-electron chi connectivity index (χ2n) is 5.10. The summed E-state index contributed by atoms with van der Waals surface area (Å²) >= 11 is 0. The molecule has 3 heteroatoms. The molecule has 1 aliphatic rings. The summed E-state index contributed by atoms with van der Waals surface area (Å²) in [5.41, 5.74) is 0.569. The Morgan fingerprint density at radius 2 is 2.24 bits per heavy atom. The highest BCUT2D eigenvalue weighted by Crippen LogP contribution is 2.37. The van der Waals surface area contributed by atoms with Gasteiger partial charge in [0.2, 0.25) is 0 Å². The third-order valence-corrected chi connectivity index (χ3v) is 3.33. The van der Waals surface area contributed by atoms with E-state index >= 15 is 0 Å². The van der Waals surface area contributed by atoms with Gasteiger partial charge < -0.3 is 15.2 Å². The van der Waals surface area contributed by atoms with Crippen LogP contribution in [0.2, 0.25) is 0 Å². The van der Waals surface area contributed by atoms with Crippen molar-refractivity contribution in [1.82, 2.24) is 5.32 Å². The Hall–Kier alpha value is -1.06. The molecule has 0 radical (unpaired) electrons. The number of fused-ring (bicyclic) bond motifs is 1. The molecule has 0 aliphatic carbocycles. The SMILES string of the molecule is CNCC(C)(O)CC1CCOc2ccccc21. The van der Waals surface area contributed by atoms with Gasteiger partial charge in [0, 0.05) is 6.54 Å². The summed E-state index contributed by atoms with van der Waals surface area (Å²) in [7, 11) is 1.87. The van der Waals surface area contributed by atoms with Gasteiger partial charge in [0.1, 0.15) is 5.75 Å². The summed E-state index contributed by atoms with van der Waals surface area (Å²) < 4.78 is 5.63. The minimum atomic E-state index is -0.663. The van der Waals surface area contributed by atoms with Crippen LogP contribution in [0.15, 0.2) is 24.3 Å². The molecule has 17 heavy (non-hydrogen) atoms. The van der Waals surface area contributed by atoms with Gasteiger partial charge in [0.25, 0.3) is 0 Å². The number of ether oxygens (including phenoxy) is 1. The zero-order chi connectivity index (χ0) is 12.3. The Bertz CT molecular complexity index is 376. The molecule has 2 rings (SSSR count). The maximum Gasteiger partial charge on any atom is 0.122 e. The van der Waals surface area contributed by atoms with E-state index < -0.39 is 5.60 Å². The van der Waals surface area contributed by atoms with Crippen LogP contribution in [0, 0.1) is 0 Å². The monoisotopic (exact) mass is 235 g/mol. The van der Waals surface area contributed by atoms with E-state index in [0.29, 0.717) is 12.5 Å². The number of nitrogens with one attached hydrogen (secondary N) is 1. The lowest BCUT2D eigenvalue weighted by atomic mass is 9.83. The van der Waals surface area contributed by atoms with E-state index in [1.54, 1.807) is 0 Å². The molecular formula is C14H21NO2. The van der Waals surface area contributed by atoms with Gasteiger partial charge >= 0.3 is 0 Å². The highest BCUT2D eigenvalue weighted by Gasteiger charge is 2.29. The molecule has 94 valence electrons. The molecule has 2 atom stereocenters. The van der Waals surface area contributed by atoms with Crippen LogP contribution in [0.25, 0.3) is 0 Å². The minimum absolute atomic E-state index is 0.392. The summed E-state index contributed by atoms with van der Waals surface area (Å²) in [4.78, 5) is 0. The summed E-state index contributed by atoms with van der Waals surface area (Å²) in [6.45, 7) is 3.26. The van der Waals surface area contributed by atoms with E-state index in [2.05, 4.69) is 11.4 Å². The highest BCUT2D eigenvalue weighted by molar-refractivity contribution is 5.37. The van der Waals surface area contributed by atoms with Gasteiger partial charge in [-0.25, -0.2) is 0 Å². The largest absolute Gasteiger partial charge is 0.493 e. The Kier molecular flexibility index (Phi) is 3.69. The van der Waals surface area contributed by atoms with Crippen molar-refractivity contribution in [2.75, 3.05) is 20.2 Å². The van der Waals surface area contributed by atoms with Crippen molar-refractivity contribution < 1.29 is 9.84 Å². The molecule has 1 heterocycles. The summed E-state index contributed by atoms with van der Waals surface area (Å²) in [5, 5.41) is 13.3. The summed E-state index contributed by atoms with van der Waals surface area (Å²) in [6, 6.07) is 8.14. The van der Waals surface area contributed by atoms with Crippen molar-refractivity contribution >= 4 is 0 Å². The van der Waals surface area contributed by atoms with E-state index in [9.17, 15) is 5.11 Å². The number of likely N-dealkylation sites (N-methyl/N-ethyl adjacent to an activating group) is 1. The Morgan fingerprint density at radius 1 is 1.47 bits per heavy atom. The quantitative estimate of drug-likeness (QED) is 0.837. The Labute approximate surface area is 103 Å². The van der Waals surface area contributed by atoms with Crippen LogP contribution >= 0.6 is 0 Å². The van der Waals surface area contributed by atoms with Gasteiger partial charge in [-0.15, -0.1) is 0 Å². The van der Waals surface area contributed by atoms with Crippen molar-refractivity contribution in [3.8, 4) is 5.75 Å². The number of hydrogen-bond donors (Lipinski definition) is 2. The van der Waals surface area contributed by atoms with Crippen LogP contribution in [-0.2, 0) is 0 Å². The molecule has 0 amide bonds. The summed E-state index contributed by atoms with van der Waals surface area (Å²) in [6.07, 6.45) is 1.76.